The lowest BCUT2D eigenvalue weighted by molar-refractivity contribution is -0.297. The van der Waals surface area contributed by atoms with Gasteiger partial charge in [-0.25, -0.2) is 0 Å². The zero-order valence-corrected chi connectivity index (χ0v) is 33.4. The third-order valence-electron chi connectivity index (χ3n) is 9.28. The van der Waals surface area contributed by atoms with Crippen LogP contribution < -0.4 is 0 Å². The summed E-state index contributed by atoms with van der Waals surface area (Å²) in [4.78, 5) is 25.2. The number of unbranched alkanes of at least 4 members (excludes halogenated alkanes) is 17. The molecule has 0 aliphatic carbocycles. The molecular formula is C40H72O12S. The minimum atomic E-state index is -4.60. The SMILES string of the molecule is CCCCC/C=C/C/C=C/CCCCCCCC(=O)OC[C@H](CO[C@H]1O[C@H](CS(=O)(=O)O)[C@@H](O)C(O)C1O)OC(=O)CCCCCCCCCCCC. The van der Waals surface area contributed by atoms with Crippen molar-refractivity contribution in [2.24, 2.45) is 0 Å². The van der Waals surface area contributed by atoms with Gasteiger partial charge in [0.25, 0.3) is 10.1 Å². The second kappa shape index (κ2) is 31.3. The van der Waals surface area contributed by atoms with Crippen LogP contribution in [0.2, 0.25) is 0 Å². The number of aliphatic hydroxyl groups excluding tert-OH is 3. The third-order valence-corrected chi connectivity index (χ3v) is 10.0. The van der Waals surface area contributed by atoms with Gasteiger partial charge in [-0.1, -0.05) is 128 Å². The Kier molecular flexibility index (Phi) is 29.1. The molecular weight excluding hydrogens is 704 g/mol. The lowest BCUT2D eigenvalue weighted by atomic mass is 10.00. The highest BCUT2D eigenvalue weighted by Gasteiger charge is 2.46. The highest BCUT2D eigenvalue weighted by Crippen LogP contribution is 2.24. The highest BCUT2D eigenvalue weighted by atomic mass is 32.2. The van der Waals surface area contributed by atoms with Gasteiger partial charge >= 0.3 is 11.9 Å². The molecule has 1 aliphatic heterocycles. The number of rotatable bonds is 33. The Balaban J connectivity index is 2.50. The van der Waals surface area contributed by atoms with E-state index in [-0.39, 0.29) is 19.4 Å². The molecule has 0 aromatic heterocycles. The van der Waals surface area contributed by atoms with Gasteiger partial charge in [0.1, 0.15) is 36.8 Å². The van der Waals surface area contributed by atoms with Crippen molar-refractivity contribution in [2.75, 3.05) is 19.0 Å². The van der Waals surface area contributed by atoms with Gasteiger partial charge < -0.3 is 34.3 Å². The third kappa shape index (κ3) is 26.6. The minimum absolute atomic E-state index is 0.163. The summed E-state index contributed by atoms with van der Waals surface area (Å²) < 4.78 is 53.8. The first-order valence-electron chi connectivity index (χ1n) is 20.4. The van der Waals surface area contributed by atoms with Crippen molar-refractivity contribution < 1.29 is 56.8 Å². The minimum Gasteiger partial charge on any atom is -0.462 e. The summed E-state index contributed by atoms with van der Waals surface area (Å²) >= 11 is 0. The number of carbonyl (C=O) groups excluding carboxylic acids is 2. The number of esters is 2. The molecule has 0 bridgehead atoms. The Labute approximate surface area is 319 Å². The quantitative estimate of drug-likeness (QED) is 0.0226. The molecule has 310 valence electrons. The van der Waals surface area contributed by atoms with Crippen molar-refractivity contribution in [1.29, 1.82) is 0 Å². The van der Waals surface area contributed by atoms with Gasteiger partial charge in [0.05, 0.1) is 6.61 Å². The van der Waals surface area contributed by atoms with Gasteiger partial charge in [-0.2, -0.15) is 8.42 Å². The lowest BCUT2D eigenvalue weighted by Crippen LogP contribution is -2.60. The monoisotopic (exact) mass is 776 g/mol. The van der Waals surface area contributed by atoms with Crippen molar-refractivity contribution in [3.63, 3.8) is 0 Å². The summed E-state index contributed by atoms with van der Waals surface area (Å²) in [7, 11) is -4.60. The molecule has 1 fully saturated rings. The van der Waals surface area contributed by atoms with Crippen LogP contribution in [0, 0.1) is 0 Å². The van der Waals surface area contributed by atoms with E-state index in [1.807, 2.05) is 0 Å². The molecule has 1 rings (SSSR count). The van der Waals surface area contributed by atoms with Gasteiger partial charge in [0.15, 0.2) is 12.4 Å². The Morgan fingerprint density at radius 3 is 1.70 bits per heavy atom. The maximum atomic E-state index is 12.7. The molecule has 0 radical (unpaired) electrons. The lowest BCUT2D eigenvalue weighted by Gasteiger charge is -2.40. The van der Waals surface area contributed by atoms with Gasteiger partial charge in [0, 0.05) is 12.8 Å². The second-order valence-corrected chi connectivity index (χ2v) is 15.8. The zero-order chi connectivity index (χ0) is 39.2. The predicted octanol–water partition coefficient (Wildman–Crippen LogP) is 7.28. The molecule has 1 heterocycles. The van der Waals surface area contributed by atoms with E-state index in [1.165, 1.54) is 57.8 Å². The topological polar surface area (TPSA) is 186 Å². The van der Waals surface area contributed by atoms with Gasteiger partial charge in [0.2, 0.25) is 0 Å². The van der Waals surface area contributed by atoms with Crippen LogP contribution in [-0.2, 0) is 38.7 Å². The van der Waals surface area contributed by atoms with E-state index in [2.05, 4.69) is 38.2 Å². The van der Waals surface area contributed by atoms with E-state index < -0.39 is 71.2 Å². The first-order chi connectivity index (χ1) is 25.5. The first-order valence-corrected chi connectivity index (χ1v) is 22.0. The van der Waals surface area contributed by atoms with Crippen molar-refractivity contribution in [2.45, 2.75) is 198 Å². The smallest absolute Gasteiger partial charge is 0.306 e. The summed E-state index contributed by atoms with van der Waals surface area (Å²) in [6, 6.07) is 0. The van der Waals surface area contributed by atoms with Crippen LogP contribution in [0.1, 0.15) is 162 Å². The molecule has 53 heavy (non-hydrogen) atoms. The predicted molar refractivity (Wildman–Crippen MR) is 206 cm³/mol. The van der Waals surface area contributed by atoms with E-state index in [9.17, 15) is 37.9 Å². The van der Waals surface area contributed by atoms with E-state index >= 15 is 0 Å². The fraction of sp³-hybridized carbons (Fsp3) is 0.850. The van der Waals surface area contributed by atoms with E-state index in [4.69, 9.17) is 18.9 Å². The molecule has 0 amide bonds. The van der Waals surface area contributed by atoms with E-state index in [0.717, 1.165) is 64.2 Å². The van der Waals surface area contributed by atoms with E-state index in [1.54, 1.807) is 0 Å². The molecule has 2 unspecified atom stereocenters. The summed E-state index contributed by atoms with van der Waals surface area (Å²) in [5.41, 5.74) is 0. The maximum Gasteiger partial charge on any atom is 0.306 e. The molecule has 6 atom stereocenters. The standard InChI is InChI=1S/C40H72O12S/c1-3-5-7-9-11-13-15-16-17-18-19-21-22-24-26-28-35(41)49-30-33(51-36(42)29-27-25-23-20-14-12-10-8-6-4-2)31-50-40-39(45)38(44)37(43)34(52-40)32-53(46,47)48/h11,13,16-17,33-34,37-40,43-45H,3-10,12,14-15,18-32H2,1-2H3,(H,46,47,48)/b13-11+,17-16+/t33-,34-,37-,38?,39?,40+/m1/s1. The van der Waals surface area contributed by atoms with Crippen LogP contribution in [0.3, 0.4) is 0 Å². The Morgan fingerprint density at radius 2 is 1.13 bits per heavy atom. The summed E-state index contributed by atoms with van der Waals surface area (Å²) in [6.45, 7) is 3.68. The highest BCUT2D eigenvalue weighted by molar-refractivity contribution is 7.85. The van der Waals surface area contributed by atoms with Crippen molar-refractivity contribution in [1.82, 2.24) is 0 Å². The molecule has 4 N–H and O–H groups in total. The number of allylic oxidation sites excluding steroid dienone is 4. The largest absolute Gasteiger partial charge is 0.462 e. The van der Waals surface area contributed by atoms with Crippen LogP contribution >= 0.6 is 0 Å². The summed E-state index contributed by atoms with van der Waals surface area (Å²) in [5.74, 6) is -2.00. The molecule has 12 nitrogen and oxygen atoms in total. The Hall–Kier alpha value is -1.87. The summed E-state index contributed by atoms with van der Waals surface area (Å²) in [6.07, 6.45) is 22.4. The molecule has 1 saturated heterocycles. The van der Waals surface area contributed by atoms with Crippen molar-refractivity contribution >= 4 is 22.1 Å². The molecule has 0 saturated carbocycles. The van der Waals surface area contributed by atoms with Crippen LogP contribution in [-0.4, -0.2) is 96.0 Å². The molecule has 1 aliphatic rings. The van der Waals surface area contributed by atoms with Gasteiger partial charge in [-0.05, 0) is 44.9 Å². The number of carbonyl (C=O) groups is 2. The number of ether oxygens (including phenoxy) is 4. The van der Waals surface area contributed by atoms with Crippen LogP contribution in [0.15, 0.2) is 24.3 Å². The molecule has 0 aromatic carbocycles. The number of aliphatic hydroxyl groups is 3. The van der Waals surface area contributed by atoms with Gasteiger partial charge in [-0.15, -0.1) is 0 Å². The first kappa shape index (κ1) is 49.1. The molecule has 0 spiro atoms. The fourth-order valence-corrected chi connectivity index (χ4v) is 6.75. The summed E-state index contributed by atoms with van der Waals surface area (Å²) in [5, 5.41) is 30.7. The fourth-order valence-electron chi connectivity index (χ4n) is 6.06. The molecule has 0 aromatic rings. The Bertz CT molecular complexity index is 1100. The van der Waals surface area contributed by atoms with Crippen LogP contribution in [0.25, 0.3) is 0 Å². The average molecular weight is 777 g/mol. The second-order valence-electron chi connectivity index (χ2n) is 14.3. The Morgan fingerprint density at radius 1 is 0.642 bits per heavy atom. The zero-order valence-electron chi connectivity index (χ0n) is 32.6. The van der Waals surface area contributed by atoms with Crippen LogP contribution in [0.5, 0.6) is 0 Å². The number of hydrogen-bond acceptors (Lipinski definition) is 11. The van der Waals surface area contributed by atoms with Crippen molar-refractivity contribution in [3.8, 4) is 0 Å². The van der Waals surface area contributed by atoms with Crippen molar-refractivity contribution in [3.05, 3.63) is 24.3 Å². The molecule has 13 heteroatoms. The van der Waals surface area contributed by atoms with Gasteiger partial charge in [-0.3, -0.25) is 14.1 Å². The average Bonchev–Trinajstić information content (AvgIpc) is 3.12. The number of hydrogen-bond donors (Lipinski definition) is 4. The van der Waals surface area contributed by atoms with E-state index in [0.29, 0.717) is 12.8 Å². The van der Waals surface area contributed by atoms with Crippen LogP contribution in [0.4, 0.5) is 0 Å². The normalized spacial score (nSPS) is 21.4. The maximum absolute atomic E-state index is 12.7.